The number of likely N-dealkylation sites (tertiary alicyclic amines) is 1. The second-order valence-corrected chi connectivity index (χ2v) is 8.12. The largest absolute Gasteiger partial charge is 0.497 e. The topological polar surface area (TPSA) is 67.9 Å². The molecule has 1 aliphatic rings. The zero-order valence-electron chi connectivity index (χ0n) is 16.6. The van der Waals surface area contributed by atoms with Crippen molar-refractivity contribution < 1.29 is 19.1 Å². The van der Waals surface area contributed by atoms with Gasteiger partial charge in [0.1, 0.15) is 11.5 Å². The highest BCUT2D eigenvalue weighted by molar-refractivity contribution is 7.12. The van der Waals surface area contributed by atoms with Crippen LogP contribution in [0.3, 0.4) is 0 Å². The van der Waals surface area contributed by atoms with Gasteiger partial charge in [-0.05, 0) is 31.4 Å². The number of ether oxygens (including phenoxy) is 2. The smallest absolute Gasteiger partial charge is 0.263 e. The fourth-order valence-corrected chi connectivity index (χ4v) is 4.31. The van der Waals surface area contributed by atoms with Crippen molar-refractivity contribution in [2.75, 3.05) is 27.3 Å². The molecular weight excluding hydrogens is 376 g/mol. The Morgan fingerprint density at radius 3 is 2.57 bits per heavy atom. The van der Waals surface area contributed by atoms with Gasteiger partial charge in [0.15, 0.2) is 0 Å². The van der Waals surface area contributed by atoms with Gasteiger partial charge in [-0.2, -0.15) is 0 Å². The highest BCUT2D eigenvalue weighted by Gasteiger charge is 2.42. The molecule has 28 heavy (non-hydrogen) atoms. The number of nitrogens with zero attached hydrogens (tertiary/aromatic N) is 1. The summed E-state index contributed by atoms with van der Waals surface area (Å²) in [4.78, 5) is 28.2. The first-order chi connectivity index (χ1) is 13.4. The van der Waals surface area contributed by atoms with Crippen molar-refractivity contribution in [3.63, 3.8) is 0 Å². The van der Waals surface area contributed by atoms with Crippen molar-refractivity contribution in [2.45, 2.75) is 25.8 Å². The van der Waals surface area contributed by atoms with Gasteiger partial charge in [-0.1, -0.05) is 12.1 Å². The monoisotopic (exact) mass is 402 g/mol. The van der Waals surface area contributed by atoms with Gasteiger partial charge in [-0.15, -0.1) is 11.3 Å². The Bertz CT molecular complexity index is 835. The zero-order valence-corrected chi connectivity index (χ0v) is 17.4. The van der Waals surface area contributed by atoms with Gasteiger partial charge in [0.2, 0.25) is 5.91 Å². The minimum atomic E-state index is -0.339. The third-order valence-corrected chi connectivity index (χ3v) is 5.80. The van der Waals surface area contributed by atoms with Gasteiger partial charge in [0, 0.05) is 36.7 Å². The van der Waals surface area contributed by atoms with Crippen LogP contribution in [0.2, 0.25) is 0 Å². The Hall–Kier alpha value is -2.54. The lowest BCUT2D eigenvalue weighted by molar-refractivity contribution is -0.125. The van der Waals surface area contributed by atoms with Gasteiger partial charge >= 0.3 is 0 Å². The molecule has 2 heterocycles. The fraction of sp³-hybridized carbons (Fsp3) is 0.429. The molecule has 2 amide bonds. The summed E-state index contributed by atoms with van der Waals surface area (Å²) in [6.45, 7) is 4.72. The predicted octanol–water partition coefficient (Wildman–Crippen LogP) is 3.15. The Labute approximate surface area is 169 Å². The van der Waals surface area contributed by atoms with E-state index in [9.17, 15) is 9.59 Å². The van der Waals surface area contributed by atoms with Crippen molar-refractivity contribution in [1.82, 2.24) is 10.2 Å². The van der Waals surface area contributed by atoms with Crippen LogP contribution in [0.4, 0.5) is 0 Å². The van der Waals surface area contributed by atoms with Crippen LogP contribution in [0.25, 0.3) is 0 Å². The van der Waals surface area contributed by atoms with Gasteiger partial charge in [0.25, 0.3) is 5.91 Å². The summed E-state index contributed by atoms with van der Waals surface area (Å²) in [6, 6.07) is 9.32. The lowest BCUT2D eigenvalue weighted by Crippen LogP contribution is -2.39. The second-order valence-electron chi connectivity index (χ2n) is 7.17. The average molecular weight is 403 g/mol. The van der Waals surface area contributed by atoms with Gasteiger partial charge in [-0.3, -0.25) is 9.59 Å². The summed E-state index contributed by atoms with van der Waals surface area (Å²) in [5, 5.41) is 4.88. The fourth-order valence-electron chi connectivity index (χ4n) is 3.62. The van der Waals surface area contributed by atoms with Crippen LogP contribution in [-0.2, 0) is 4.79 Å². The number of rotatable bonds is 6. The second kappa shape index (κ2) is 8.65. The number of benzene rings is 1. The van der Waals surface area contributed by atoms with Crippen LogP contribution >= 0.6 is 11.3 Å². The molecular formula is C21H26N2O4S. The van der Waals surface area contributed by atoms with E-state index in [-0.39, 0.29) is 29.7 Å². The minimum Gasteiger partial charge on any atom is -0.497 e. The lowest BCUT2D eigenvalue weighted by Gasteiger charge is -2.21. The molecule has 0 bridgehead atoms. The van der Waals surface area contributed by atoms with Crippen LogP contribution < -0.4 is 14.8 Å². The Morgan fingerprint density at radius 1 is 1.18 bits per heavy atom. The molecule has 0 saturated carbocycles. The first-order valence-corrected chi connectivity index (χ1v) is 10.2. The molecule has 2 unspecified atom stereocenters. The molecule has 0 aliphatic carbocycles. The molecule has 0 radical (unpaired) electrons. The number of hydrogen-bond acceptors (Lipinski definition) is 5. The molecule has 1 aromatic heterocycles. The Morgan fingerprint density at radius 2 is 1.96 bits per heavy atom. The van der Waals surface area contributed by atoms with E-state index in [0.717, 1.165) is 5.56 Å². The lowest BCUT2D eigenvalue weighted by atomic mass is 9.87. The number of methoxy groups -OCH3 is 2. The summed E-state index contributed by atoms with van der Waals surface area (Å²) in [6.07, 6.45) is 0. The van der Waals surface area contributed by atoms with E-state index in [4.69, 9.17) is 9.47 Å². The number of carbonyl (C=O) groups excluding carboxylic acids is 2. The summed E-state index contributed by atoms with van der Waals surface area (Å²) >= 11 is 1.41. The zero-order chi connectivity index (χ0) is 20.3. The molecule has 3 rings (SSSR count). The quantitative estimate of drug-likeness (QED) is 0.806. The van der Waals surface area contributed by atoms with Crippen molar-refractivity contribution in [1.29, 1.82) is 0 Å². The highest BCUT2D eigenvalue weighted by Crippen LogP contribution is 2.40. The molecule has 2 atom stereocenters. The summed E-state index contributed by atoms with van der Waals surface area (Å²) in [5.41, 5.74) is 0.911. The molecule has 1 aromatic carbocycles. The molecule has 1 saturated heterocycles. The maximum Gasteiger partial charge on any atom is 0.263 e. The number of thiophene rings is 1. The van der Waals surface area contributed by atoms with Crippen LogP contribution in [0.5, 0.6) is 11.5 Å². The van der Waals surface area contributed by atoms with E-state index >= 15 is 0 Å². The Kier molecular flexibility index (Phi) is 6.24. The first-order valence-electron chi connectivity index (χ1n) is 9.29. The number of nitrogens with one attached hydrogen (secondary N) is 1. The summed E-state index contributed by atoms with van der Waals surface area (Å²) in [5.74, 6) is 0.786. The minimum absolute atomic E-state index is 0.0349. The van der Waals surface area contributed by atoms with Crippen LogP contribution in [0.15, 0.2) is 35.7 Å². The molecule has 6 nitrogen and oxygen atoms in total. The summed E-state index contributed by atoms with van der Waals surface area (Å²) in [7, 11) is 3.20. The predicted molar refractivity (Wildman–Crippen MR) is 109 cm³/mol. The maximum atomic E-state index is 12.9. The van der Waals surface area contributed by atoms with Crippen molar-refractivity contribution in [2.24, 2.45) is 5.92 Å². The summed E-state index contributed by atoms with van der Waals surface area (Å²) < 4.78 is 10.9. The van der Waals surface area contributed by atoms with Crippen molar-refractivity contribution >= 4 is 23.2 Å². The van der Waals surface area contributed by atoms with Gasteiger partial charge in [0.05, 0.1) is 25.0 Å². The third-order valence-electron chi connectivity index (χ3n) is 4.95. The normalized spacial score (nSPS) is 19.0. The van der Waals surface area contributed by atoms with E-state index in [1.54, 1.807) is 19.1 Å². The number of carbonyl (C=O) groups is 2. The highest BCUT2D eigenvalue weighted by atomic mass is 32.1. The van der Waals surface area contributed by atoms with Gasteiger partial charge < -0.3 is 19.7 Å². The standard InChI is InChI=1S/C21H26N2O4S/c1-13(2)22-20(24)17-12-23(21(25)19-6-5-9-28-19)11-16(17)15-8-7-14(26-3)10-18(15)27-4/h5-10,13,16-17H,11-12H2,1-4H3,(H,22,24). The van der Waals surface area contributed by atoms with Crippen molar-refractivity contribution in [3.05, 3.63) is 46.2 Å². The molecule has 1 aliphatic heterocycles. The first kappa shape index (κ1) is 20.2. The maximum absolute atomic E-state index is 12.9. The molecule has 0 spiro atoms. The molecule has 150 valence electrons. The van der Waals surface area contributed by atoms with E-state index in [1.807, 2.05) is 49.6 Å². The number of hydrogen-bond donors (Lipinski definition) is 1. The van der Waals surface area contributed by atoms with E-state index in [0.29, 0.717) is 29.5 Å². The molecule has 1 N–H and O–H groups in total. The molecule has 1 fully saturated rings. The van der Waals surface area contributed by atoms with Crippen LogP contribution in [-0.4, -0.2) is 50.1 Å². The Balaban J connectivity index is 1.93. The third kappa shape index (κ3) is 4.14. The molecule has 2 aromatic rings. The molecule has 7 heteroatoms. The van der Waals surface area contributed by atoms with Gasteiger partial charge in [-0.25, -0.2) is 0 Å². The van der Waals surface area contributed by atoms with E-state index in [1.165, 1.54) is 11.3 Å². The SMILES string of the molecule is COc1ccc(C2CN(C(=O)c3cccs3)CC2C(=O)NC(C)C)c(OC)c1. The van der Waals surface area contributed by atoms with Crippen LogP contribution in [0.1, 0.15) is 35.0 Å². The average Bonchev–Trinajstić information content (AvgIpc) is 3.36. The van der Waals surface area contributed by atoms with Crippen LogP contribution in [0, 0.1) is 5.92 Å². The van der Waals surface area contributed by atoms with E-state index in [2.05, 4.69) is 5.32 Å². The van der Waals surface area contributed by atoms with E-state index < -0.39 is 0 Å². The number of amides is 2. The van der Waals surface area contributed by atoms with Crippen molar-refractivity contribution in [3.8, 4) is 11.5 Å².